The number of nitrogens with zero attached hydrogens (tertiary/aromatic N) is 1. The number of esters is 1. The van der Waals surface area contributed by atoms with Crippen LogP contribution in [-0.2, 0) is 25.3 Å². The lowest BCUT2D eigenvalue weighted by Crippen LogP contribution is -2.57. The normalized spacial score (nSPS) is 28.7. The van der Waals surface area contributed by atoms with E-state index >= 15 is 0 Å². The van der Waals surface area contributed by atoms with Gasteiger partial charge in [-0.2, -0.15) is 13.2 Å². The summed E-state index contributed by atoms with van der Waals surface area (Å²) in [6, 6.07) is 0.885. The van der Waals surface area contributed by atoms with Crippen molar-refractivity contribution < 1.29 is 42.2 Å². The standard InChI is InChI=1S/C23H24F3N3O6/c24-23(25,26)14-7-3-2-6-13(14)19(31)27-15-8-4-1-5-12-9-10-17(29(12)21(15)33)20(32)28-16-11-18(30)35-22(16)34/h1-4,6-7,12,15-17,22,34H,5,8-11H2,(H,27,31)(H,28,32)/t12-,15+,16?,17+,22?/m1/s1. The number of ether oxygens (including phenoxy) is 1. The number of hydrogen-bond donors (Lipinski definition) is 3. The largest absolute Gasteiger partial charge is 0.434 e. The number of halogens is 3. The van der Waals surface area contributed by atoms with Crippen LogP contribution in [0.15, 0.2) is 36.4 Å². The Bertz CT molecular complexity index is 1060. The molecule has 3 heterocycles. The molecule has 35 heavy (non-hydrogen) atoms. The molecule has 5 atom stereocenters. The van der Waals surface area contributed by atoms with Crippen molar-refractivity contribution in [2.75, 3.05) is 0 Å². The summed E-state index contributed by atoms with van der Waals surface area (Å²) < 4.78 is 44.7. The third kappa shape index (κ3) is 5.16. The van der Waals surface area contributed by atoms with Crippen molar-refractivity contribution in [2.24, 2.45) is 0 Å². The van der Waals surface area contributed by atoms with Gasteiger partial charge in [0, 0.05) is 6.04 Å². The van der Waals surface area contributed by atoms with E-state index in [1.54, 1.807) is 12.2 Å². The van der Waals surface area contributed by atoms with Crippen molar-refractivity contribution in [3.8, 4) is 0 Å². The molecular formula is C23H24F3N3O6. The fourth-order valence-corrected chi connectivity index (χ4v) is 4.70. The van der Waals surface area contributed by atoms with Gasteiger partial charge in [-0.05, 0) is 37.8 Å². The molecule has 3 aliphatic rings. The van der Waals surface area contributed by atoms with Crippen LogP contribution in [0.4, 0.5) is 13.2 Å². The average molecular weight is 495 g/mol. The highest BCUT2D eigenvalue weighted by Crippen LogP contribution is 2.33. The van der Waals surface area contributed by atoms with Gasteiger partial charge in [-0.25, -0.2) is 0 Å². The van der Waals surface area contributed by atoms with E-state index in [1.165, 1.54) is 17.0 Å². The van der Waals surface area contributed by atoms with Gasteiger partial charge in [0.15, 0.2) is 0 Å². The molecule has 2 saturated heterocycles. The van der Waals surface area contributed by atoms with E-state index in [2.05, 4.69) is 15.4 Å². The number of benzene rings is 1. The number of amides is 3. The van der Waals surface area contributed by atoms with Crippen LogP contribution in [0.5, 0.6) is 0 Å². The average Bonchev–Trinajstić information content (AvgIpc) is 3.35. The topological polar surface area (TPSA) is 125 Å². The van der Waals surface area contributed by atoms with Crippen molar-refractivity contribution in [3.63, 3.8) is 0 Å². The molecular weight excluding hydrogens is 471 g/mol. The molecule has 1 aromatic carbocycles. The quantitative estimate of drug-likeness (QED) is 0.427. The summed E-state index contributed by atoms with van der Waals surface area (Å²) in [5, 5.41) is 14.7. The second kappa shape index (κ2) is 9.68. The van der Waals surface area contributed by atoms with Gasteiger partial charge in [-0.3, -0.25) is 19.2 Å². The van der Waals surface area contributed by atoms with Crippen molar-refractivity contribution in [3.05, 3.63) is 47.5 Å². The number of aliphatic hydroxyl groups excluding tert-OH is 1. The molecule has 3 aliphatic heterocycles. The Balaban J connectivity index is 1.52. The van der Waals surface area contributed by atoms with Crippen LogP contribution < -0.4 is 10.6 Å². The number of alkyl halides is 3. The van der Waals surface area contributed by atoms with Crippen molar-refractivity contribution >= 4 is 23.7 Å². The summed E-state index contributed by atoms with van der Waals surface area (Å²) in [6.45, 7) is 0. The lowest BCUT2D eigenvalue weighted by molar-refractivity contribution is -0.155. The third-order valence-corrected chi connectivity index (χ3v) is 6.40. The van der Waals surface area contributed by atoms with E-state index in [4.69, 9.17) is 0 Å². The number of fused-ring (bicyclic) bond motifs is 1. The lowest BCUT2D eigenvalue weighted by atomic mass is 10.0. The van der Waals surface area contributed by atoms with Crippen LogP contribution in [0, 0.1) is 0 Å². The summed E-state index contributed by atoms with van der Waals surface area (Å²) in [7, 11) is 0. The fraction of sp³-hybridized carbons (Fsp3) is 0.478. The highest BCUT2D eigenvalue weighted by molar-refractivity contribution is 6.00. The molecule has 0 saturated carbocycles. The molecule has 9 nitrogen and oxygen atoms in total. The molecule has 188 valence electrons. The maximum atomic E-state index is 13.4. The van der Waals surface area contributed by atoms with E-state index in [0.717, 1.165) is 12.1 Å². The molecule has 0 aliphatic carbocycles. The molecule has 3 N–H and O–H groups in total. The van der Waals surface area contributed by atoms with E-state index in [1.807, 2.05) is 0 Å². The number of carbonyl (C=O) groups excluding carboxylic acids is 4. The molecule has 0 spiro atoms. The number of rotatable bonds is 4. The van der Waals surface area contributed by atoms with Gasteiger partial charge in [0.1, 0.15) is 18.1 Å². The summed E-state index contributed by atoms with van der Waals surface area (Å²) >= 11 is 0. The monoisotopic (exact) mass is 495 g/mol. The molecule has 2 unspecified atom stereocenters. The molecule has 12 heteroatoms. The Morgan fingerprint density at radius 3 is 2.46 bits per heavy atom. The van der Waals surface area contributed by atoms with Gasteiger partial charge in [0.25, 0.3) is 5.91 Å². The fourth-order valence-electron chi connectivity index (χ4n) is 4.70. The van der Waals surface area contributed by atoms with Gasteiger partial charge >= 0.3 is 12.1 Å². The summed E-state index contributed by atoms with van der Waals surface area (Å²) in [5.74, 6) is -2.89. The van der Waals surface area contributed by atoms with Gasteiger partial charge in [-0.1, -0.05) is 24.3 Å². The van der Waals surface area contributed by atoms with Crippen LogP contribution in [0.3, 0.4) is 0 Å². The number of cyclic esters (lactones) is 1. The van der Waals surface area contributed by atoms with Crippen LogP contribution in [-0.4, -0.2) is 64.2 Å². The number of carbonyl (C=O) groups is 4. The molecule has 0 radical (unpaired) electrons. The molecule has 3 amide bonds. The number of nitrogens with one attached hydrogen (secondary N) is 2. The summed E-state index contributed by atoms with van der Waals surface area (Å²) in [6.07, 6.45) is -1.65. The lowest BCUT2D eigenvalue weighted by Gasteiger charge is -2.34. The molecule has 1 aromatic rings. The second-order valence-electron chi connectivity index (χ2n) is 8.70. The zero-order valence-electron chi connectivity index (χ0n) is 18.5. The Morgan fingerprint density at radius 1 is 1.06 bits per heavy atom. The van der Waals surface area contributed by atoms with Crippen molar-refractivity contribution in [2.45, 2.75) is 68.7 Å². The first kappa shape index (κ1) is 24.7. The molecule has 4 rings (SSSR count). The zero-order valence-corrected chi connectivity index (χ0v) is 18.5. The predicted octanol–water partition coefficient (Wildman–Crippen LogP) is 1.26. The van der Waals surface area contributed by atoms with Crippen LogP contribution >= 0.6 is 0 Å². The molecule has 0 bridgehead atoms. The molecule has 2 fully saturated rings. The minimum atomic E-state index is -4.75. The summed E-state index contributed by atoms with van der Waals surface area (Å²) in [4.78, 5) is 51.9. The highest BCUT2D eigenvalue weighted by Gasteiger charge is 2.45. The van der Waals surface area contributed by atoms with Crippen LogP contribution in [0.25, 0.3) is 0 Å². The minimum Gasteiger partial charge on any atom is -0.434 e. The maximum absolute atomic E-state index is 13.4. The van der Waals surface area contributed by atoms with Gasteiger partial charge < -0.3 is 25.4 Å². The van der Waals surface area contributed by atoms with Crippen molar-refractivity contribution in [1.29, 1.82) is 0 Å². The van der Waals surface area contributed by atoms with E-state index in [0.29, 0.717) is 19.3 Å². The zero-order chi connectivity index (χ0) is 25.3. The van der Waals surface area contributed by atoms with Crippen LogP contribution in [0.1, 0.15) is 48.0 Å². The third-order valence-electron chi connectivity index (χ3n) is 6.40. The maximum Gasteiger partial charge on any atom is 0.417 e. The van der Waals surface area contributed by atoms with Gasteiger partial charge in [0.05, 0.1) is 17.5 Å². The Morgan fingerprint density at radius 2 is 1.77 bits per heavy atom. The first-order chi connectivity index (χ1) is 16.6. The van der Waals surface area contributed by atoms with E-state index < -0.39 is 65.4 Å². The SMILES string of the molecule is O=C1CC(NC(=O)[C@@H]2CC[C@H]3CC=CC[C@H](NC(=O)c4ccccc4C(F)(F)F)C(=O)N32)C(O)O1. The number of hydrogen-bond acceptors (Lipinski definition) is 6. The predicted molar refractivity (Wildman–Crippen MR) is 113 cm³/mol. The Kier molecular flexibility index (Phi) is 6.84. The Hall–Kier alpha value is -3.41. The second-order valence-corrected chi connectivity index (χ2v) is 8.70. The van der Waals surface area contributed by atoms with Gasteiger partial charge in [0.2, 0.25) is 18.1 Å². The smallest absolute Gasteiger partial charge is 0.417 e. The van der Waals surface area contributed by atoms with E-state index in [-0.39, 0.29) is 18.9 Å². The van der Waals surface area contributed by atoms with Gasteiger partial charge in [-0.15, -0.1) is 0 Å². The first-order valence-electron chi connectivity index (χ1n) is 11.2. The minimum absolute atomic E-state index is 0.0417. The van der Waals surface area contributed by atoms with Crippen molar-refractivity contribution in [1.82, 2.24) is 15.5 Å². The van der Waals surface area contributed by atoms with Crippen LogP contribution in [0.2, 0.25) is 0 Å². The number of aliphatic hydroxyl groups is 1. The van der Waals surface area contributed by atoms with E-state index in [9.17, 15) is 37.5 Å². The summed E-state index contributed by atoms with van der Waals surface area (Å²) in [5.41, 5.74) is -1.72. The Labute approximate surface area is 198 Å². The highest BCUT2D eigenvalue weighted by atomic mass is 19.4. The molecule has 0 aromatic heterocycles. The first-order valence-corrected chi connectivity index (χ1v) is 11.2.